The third kappa shape index (κ3) is 4.59. The van der Waals surface area contributed by atoms with E-state index in [1.54, 1.807) is 42.3 Å². The van der Waals surface area contributed by atoms with Gasteiger partial charge in [-0.15, -0.1) is 0 Å². The minimum Gasteiger partial charge on any atom is -0.378 e. The number of urea groups is 1. The molecule has 0 unspecified atom stereocenters. The molecule has 2 atom stereocenters. The number of benzene rings is 2. The zero-order valence-corrected chi connectivity index (χ0v) is 20.6. The van der Waals surface area contributed by atoms with E-state index in [1.165, 1.54) is 4.90 Å². The van der Waals surface area contributed by atoms with Crippen molar-refractivity contribution in [3.05, 3.63) is 59.7 Å². The number of amides is 2. The van der Waals surface area contributed by atoms with Gasteiger partial charge in [-0.2, -0.15) is 0 Å². The van der Waals surface area contributed by atoms with E-state index in [2.05, 4.69) is 4.72 Å². The fourth-order valence-corrected chi connectivity index (χ4v) is 6.27. The molecule has 7 nitrogen and oxygen atoms in total. The highest BCUT2D eigenvalue weighted by Crippen LogP contribution is 2.56. The van der Waals surface area contributed by atoms with Crippen LogP contribution in [0, 0.1) is 17.0 Å². The van der Waals surface area contributed by atoms with Crippen LogP contribution in [0.1, 0.15) is 18.4 Å². The highest BCUT2D eigenvalue weighted by atomic mass is 32.2. The molecule has 3 fully saturated rings. The monoisotopic (exact) mass is 523 g/mol. The minimum absolute atomic E-state index is 0.0252. The standard InChI is InChI=1S/C25H28F3N3O4S/c1-35-19-12-30(13-19)24(32)31-14-25(7-8-25)23(29-36(33,34)15-26)21(31)10-17-9-18(27)11-20(22(17)28)16-5-3-2-4-6-16/h2-6,9,11,19,21,23,29H,7-8,10,12-15H2,1H3/t21-,23+/m0/s1. The second kappa shape index (κ2) is 9.35. The van der Waals surface area contributed by atoms with Crippen LogP contribution in [-0.4, -0.2) is 75.2 Å². The predicted octanol–water partition coefficient (Wildman–Crippen LogP) is 3.30. The molecule has 1 saturated carbocycles. The second-order valence-electron chi connectivity index (χ2n) is 9.92. The van der Waals surface area contributed by atoms with Crippen LogP contribution < -0.4 is 4.72 Å². The molecule has 0 aromatic heterocycles. The molecule has 2 aromatic carbocycles. The van der Waals surface area contributed by atoms with Gasteiger partial charge in [-0.25, -0.2) is 31.1 Å². The number of ether oxygens (including phenoxy) is 1. The van der Waals surface area contributed by atoms with E-state index < -0.39 is 45.2 Å². The molecule has 2 amide bonds. The van der Waals surface area contributed by atoms with E-state index in [9.17, 15) is 22.0 Å². The lowest BCUT2D eigenvalue weighted by atomic mass is 9.91. The van der Waals surface area contributed by atoms with Crippen LogP contribution in [0.4, 0.5) is 18.0 Å². The summed E-state index contributed by atoms with van der Waals surface area (Å²) in [6.07, 6.45) is 1.08. The molecule has 2 aromatic rings. The van der Waals surface area contributed by atoms with E-state index >= 15 is 4.39 Å². The van der Waals surface area contributed by atoms with Crippen LogP contribution in [-0.2, 0) is 21.2 Å². The van der Waals surface area contributed by atoms with Crippen molar-refractivity contribution in [1.82, 2.24) is 14.5 Å². The zero-order valence-electron chi connectivity index (χ0n) is 19.8. The Bertz CT molecular complexity index is 1250. The van der Waals surface area contributed by atoms with Crippen LogP contribution in [0.5, 0.6) is 0 Å². The van der Waals surface area contributed by atoms with Gasteiger partial charge in [0, 0.05) is 30.7 Å². The number of alkyl halides is 1. The lowest BCUT2D eigenvalue weighted by molar-refractivity contribution is -0.0166. The average molecular weight is 524 g/mol. The molecular formula is C25H28F3N3O4S. The first kappa shape index (κ1) is 25.0. The largest absolute Gasteiger partial charge is 0.378 e. The third-order valence-electron chi connectivity index (χ3n) is 7.60. The maximum Gasteiger partial charge on any atom is 0.320 e. The number of nitrogens with one attached hydrogen (secondary N) is 1. The number of hydrogen-bond donors (Lipinski definition) is 1. The van der Waals surface area contributed by atoms with Gasteiger partial charge < -0.3 is 14.5 Å². The van der Waals surface area contributed by atoms with Gasteiger partial charge in [-0.3, -0.25) is 0 Å². The number of methoxy groups -OCH3 is 1. The average Bonchev–Trinajstić information content (AvgIpc) is 3.56. The molecule has 1 aliphatic carbocycles. The summed E-state index contributed by atoms with van der Waals surface area (Å²) < 4.78 is 75.8. The van der Waals surface area contributed by atoms with Gasteiger partial charge in [0.2, 0.25) is 16.0 Å². The van der Waals surface area contributed by atoms with Crippen molar-refractivity contribution in [1.29, 1.82) is 0 Å². The summed E-state index contributed by atoms with van der Waals surface area (Å²) in [5.74, 6) is -1.28. The number of carbonyl (C=O) groups is 1. The Morgan fingerprint density at radius 1 is 1.17 bits per heavy atom. The zero-order chi connectivity index (χ0) is 25.7. The van der Waals surface area contributed by atoms with Crippen molar-refractivity contribution in [3.63, 3.8) is 0 Å². The quantitative estimate of drug-likeness (QED) is 0.604. The van der Waals surface area contributed by atoms with Crippen molar-refractivity contribution in [3.8, 4) is 11.1 Å². The summed E-state index contributed by atoms with van der Waals surface area (Å²) in [5.41, 5.74) is 0.0427. The summed E-state index contributed by atoms with van der Waals surface area (Å²) in [7, 11) is -2.70. The highest BCUT2D eigenvalue weighted by molar-refractivity contribution is 7.89. The number of likely N-dealkylation sites (tertiary alicyclic amines) is 2. The third-order valence-corrected chi connectivity index (χ3v) is 8.50. The minimum atomic E-state index is -4.26. The Kier molecular flexibility index (Phi) is 6.50. The molecule has 194 valence electrons. The molecule has 2 aliphatic heterocycles. The Labute approximate surface area is 208 Å². The van der Waals surface area contributed by atoms with Crippen molar-refractivity contribution in [2.24, 2.45) is 5.41 Å². The maximum absolute atomic E-state index is 15.7. The molecule has 1 spiro atoms. The maximum atomic E-state index is 15.7. The molecule has 0 bridgehead atoms. The van der Waals surface area contributed by atoms with Gasteiger partial charge in [0.1, 0.15) is 11.6 Å². The van der Waals surface area contributed by atoms with Crippen molar-refractivity contribution >= 4 is 16.1 Å². The van der Waals surface area contributed by atoms with Crippen molar-refractivity contribution in [2.45, 2.75) is 37.5 Å². The summed E-state index contributed by atoms with van der Waals surface area (Å²) >= 11 is 0. The smallest absolute Gasteiger partial charge is 0.320 e. The molecule has 3 aliphatic rings. The van der Waals surface area contributed by atoms with Crippen LogP contribution >= 0.6 is 0 Å². The molecule has 11 heteroatoms. The van der Waals surface area contributed by atoms with Gasteiger partial charge in [0.05, 0.1) is 25.2 Å². The van der Waals surface area contributed by atoms with Gasteiger partial charge in [0.25, 0.3) is 0 Å². The summed E-state index contributed by atoms with van der Waals surface area (Å²) in [5, 5.41) is 0. The Balaban J connectivity index is 1.51. The van der Waals surface area contributed by atoms with Crippen LogP contribution in [0.2, 0.25) is 0 Å². The highest BCUT2D eigenvalue weighted by Gasteiger charge is 2.62. The molecule has 2 saturated heterocycles. The summed E-state index contributed by atoms with van der Waals surface area (Å²) in [6.45, 7) is 1.03. The number of sulfonamides is 1. The lowest BCUT2D eigenvalue weighted by Gasteiger charge is -2.42. The number of carbonyl (C=O) groups excluding carboxylic acids is 1. The van der Waals surface area contributed by atoms with E-state index in [-0.39, 0.29) is 36.2 Å². The van der Waals surface area contributed by atoms with Crippen LogP contribution in [0.25, 0.3) is 11.1 Å². The first-order chi connectivity index (χ1) is 17.2. The summed E-state index contributed by atoms with van der Waals surface area (Å²) in [6, 6.07) is 7.18. The van der Waals surface area contributed by atoms with Gasteiger partial charge in [0.15, 0.2) is 0 Å². The second-order valence-corrected chi connectivity index (χ2v) is 11.6. The summed E-state index contributed by atoms with van der Waals surface area (Å²) in [4.78, 5) is 16.5. The van der Waals surface area contributed by atoms with E-state index in [1.807, 2.05) is 0 Å². The van der Waals surface area contributed by atoms with Gasteiger partial charge in [-0.1, -0.05) is 30.3 Å². The van der Waals surface area contributed by atoms with Crippen LogP contribution in [0.15, 0.2) is 42.5 Å². The molecule has 1 N–H and O–H groups in total. The predicted molar refractivity (Wildman–Crippen MR) is 127 cm³/mol. The number of rotatable bonds is 7. The molecular weight excluding hydrogens is 495 g/mol. The molecule has 2 heterocycles. The lowest BCUT2D eigenvalue weighted by Crippen LogP contribution is -2.60. The SMILES string of the molecule is COC1CN(C(=O)N2CC3(CC3)[C@H](NS(=O)(=O)CF)[C@@H]2Cc2cc(F)cc(-c3ccccc3)c2F)C1. The van der Waals surface area contributed by atoms with Crippen molar-refractivity contribution < 1.29 is 31.1 Å². The van der Waals surface area contributed by atoms with E-state index in [0.29, 0.717) is 31.5 Å². The normalized spacial score (nSPS) is 23.2. The fraction of sp³-hybridized carbons (Fsp3) is 0.480. The van der Waals surface area contributed by atoms with Gasteiger partial charge in [-0.05, 0) is 42.5 Å². The van der Waals surface area contributed by atoms with E-state index in [0.717, 1.165) is 12.1 Å². The number of hydrogen-bond acceptors (Lipinski definition) is 4. The fourth-order valence-electron chi connectivity index (χ4n) is 5.41. The molecule has 5 rings (SSSR count). The first-order valence-corrected chi connectivity index (χ1v) is 13.5. The first-order valence-electron chi connectivity index (χ1n) is 11.8. The Hall–Kier alpha value is -2.63. The molecule has 36 heavy (non-hydrogen) atoms. The Morgan fingerprint density at radius 2 is 1.86 bits per heavy atom. The van der Waals surface area contributed by atoms with Crippen molar-refractivity contribution in [2.75, 3.05) is 32.8 Å². The molecule has 0 radical (unpaired) electrons. The topological polar surface area (TPSA) is 79.0 Å². The Morgan fingerprint density at radius 3 is 2.47 bits per heavy atom. The van der Waals surface area contributed by atoms with Crippen LogP contribution in [0.3, 0.4) is 0 Å². The number of nitrogens with zero attached hydrogens (tertiary/aromatic N) is 2. The van der Waals surface area contributed by atoms with Gasteiger partial charge >= 0.3 is 6.03 Å². The number of halogens is 3. The van der Waals surface area contributed by atoms with E-state index in [4.69, 9.17) is 4.74 Å².